The third kappa shape index (κ3) is 7.06. The maximum Gasteiger partial charge on any atom is 0.417 e. The fourth-order valence-corrected chi connectivity index (χ4v) is 4.35. The largest absolute Gasteiger partial charge is 0.417 e. The molecule has 0 aliphatic rings. The van der Waals surface area contributed by atoms with Crippen LogP contribution >= 0.6 is 31.9 Å². The molecule has 3 rings (SSSR count). The maximum absolute atomic E-state index is 14.9. The first-order valence-corrected chi connectivity index (χ1v) is 11.5. The van der Waals surface area contributed by atoms with E-state index in [1.807, 2.05) is 5.43 Å². The highest BCUT2D eigenvalue weighted by atomic mass is 79.9. The highest BCUT2D eigenvalue weighted by molar-refractivity contribution is 9.11. The molecule has 4 nitrogen and oxygen atoms in total. The van der Waals surface area contributed by atoms with E-state index in [9.17, 15) is 39.9 Å². The van der Waals surface area contributed by atoms with Gasteiger partial charge in [-0.25, -0.2) is 13.8 Å². The number of rotatable bonds is 6. The minimum Gasteiger partial charge on any atom is -0.282 e. The molecule has 0 spiro atoms. The van der Waals surface area contributed by atoms with Crippen LogP contribution in [0.25, 0.3) is 5.83 Å². The van der Waals surface area contributed by atoms with E-state index in [1.165, 1.54) is 12.3 Å². The Labute approximate surface area is 221 Å². The molecule has 37 heavy (non-hydrogen) atoms. The van der Waals surface area contributed by atoms with Gasteiger partial charge in [0.15, 0.2) is 5.82 Å². The van der Waals surface area contributed by atoms with E-state index in [0.717, 1.165) is 18.2 Å². The smallest absolute Gasteiger partial charge is 0.282 e. The van der Waals surface area contributed by atoms with Crippen LogP contribution in [-0.4, -0.2) is 17.1 Å². The molecule has 0 aliphatic heterocycles. The number of alkyl halides is 6. The monoisotopic (exact) mass is 657 g/mol. The molecule has 0 saturated carbocycles. The average molecular weight is 659 g/mol. The lowest BCUT2D eigenvalue weighted by molar-refractivity contribution is -0.140. The van der Waals surface area contributed by atoms with Crippen molar-refractivity contribution < 1.29 is 39.9 Å². The second kappa shape index (κ2) is 11.2. The van der Waals surface area contributed by atoms with Crippen molar-refractivity contribution >= 4 is 49.4 Å². The Bertz CT molecular complexity index is 1300. The van der Waals surface area contributed by atoms with Crippen LogP contribution in [0.2, 0.25) is 0 Å². The molecule has 2 N–H and O–H groups in total. The Morgan fingerprint density at radius 1 is 0.973 bits per heavy atom. The summed E-state index contributed by atoms with van der Waals surface area (Å²) in [4.78, 5) is 16.2. The number of hydrogen-bond donors (Lipinski definition) is 2. The Morgan fingerprint density at radius 3 is 2.16 bits per heavy atom. The van der Waals surface area contributed by atoms with Crippen molar-refractivity contribution in [1.29, 1.82) is 0 Å². The first-order chi connectivity index (χ1) is 17.2. The minimum absolute atomic E-state index is 0.0734. The van der Waals surface area contributed by atoms with E-state index in [0.29, 0.717) is 6.07 Å². The van der Waals surface area contributed by atoms with Crippen LogP contribution in [0, 0.1) is 5.82 Å². The number of hydrazine groups is 1. The predicted octanol–water partition coefficient (Wildman–Crippen LogP) is 8.18. The van der Waals surface area contributed by atoms with Gasteiger partial charge in [0, 0.05) is 11.8 Å². The van der Waals surface area contributed by atoms with Gasteiger partial charge < -0.3 is 0 Å². The van der Waals surface area contributed by atoms with Gasteiger partial charge in [0.2, 0.25) is 0 Å². The van der Waals surface area contributed by atoms with E-state index >= 15 is 0 Å². The number of halogens is 10. The topological polar surface area (TPSA) is 54.0 Å². The zero-order chi connectivity index (χ0) is 27.5. The summed E-state index contributed by atoms with van der Waals surface area (Å²) in [5.74, 6) is -6.28. The number of allylic oxidation sites excluding steroid dienone is 1. The molecule has 0 bridgehead atoms. The summed E-state index contributed by atoms with van der Waals surface area (Å²) in [6.45, 7) is 0. The van der Waals surface area contributed by atoms with E-state index in [2.05, 4.69) is 42.3 Å². The molecule has 2 aromatic carbocycles. The maximum atomic E-state index is 14.9. The average Bonchev–Trinajstić information content (AvgIpc) is 2.83. The number of aromatic nitrogens is 1. The summed E-state index contributed by atoms with van der Waals surface area (Å²) in [7, 11) is 0. The van der Waals surface area contributed by atoms with Crippen molar-refractivity contribution in [2.75, 3.05) is 5.43 Å². The standard InChI is InChI=1S/C23H13Br2F8N3O/c24-16-8-12(9-17(25)20(16)27)14(22(28,29)30)10-18(26)11-4-5-13(15(7-11)23(31,32)33)21(37)36-35-19-3-1-2-6-34-19/h1-10,14H,(H,34,35)(H,36,37). The molecule has 14 heteroatoms. The van der Waals surface area contributed by atoms with Gasteiger partial charge >= 0.3 is 12.4 Å². The first-order valence-electron chi connectivity index (χ1n) is 9.96. The van der Waals surface area contributed by atoms with Crippen molar-refractivity contribution in [2.45, 2.75) is 18.3 Å². The third-order valence-electron chi connectivity index (χ3n) is 4.85. The number of nitrogens with zero attached hydrogens (tertiary/aromatic N) is 1. The van der Waals surface area contributed by atoms with Gasteiger partial charge in [0.1, 0.15) is 17.6 Å². The summed E-state index contributed by atoms with van der Waals surface area (Å²) in [6, 6.07) is 7.69. The van der Waals surface area contributed by atoms with Gasteiger partial charge in [-0.3, -0.25) is 15.6 Å². The highest BCUT2D eigenvalue weighted by Crippen LogP contribution is 2.41. The summed E-state index contributed by atoms with van der Waals surface area (Å²) in [6.07, 6.45) is -8.79. The lowest BCUT2D eigenvalue weighted by atomic mass is 9.95. The number of hydrogen-bond acceptors (Lipinski definition) is 3. The van der Waals surface area contributed by atoms with Crippen LogP contribution in [0.1, 0.15) is 33.0 Å². The fraction of sp³-hybridized carbons (Fsp3) is 0.130. The molecule has 0 radical (unpaired) electrons. The number of amides is 1. The van der Waals surface area contributed by atoms with Crippen LogP contribution in [0.15, 0.2) is 69.7 Å². The molecule has 1 amide bonds. The van der Waals surface area contributed by atoms with Crippen LogP contribution in [0.3, 0.4) is 0 Å². The second-order valence-electron chi connectivity index (χ2n) is 7.38. The Kier molecular flexibility index (Phi) is 8.63. The van der Waals surface area contributed by atoms with E-state index < -0.39 is 58.1 Å². The number of carbonyl (C=O) groups is 1. The summed E-state index contributed by atoms with van der Waals surface area (Å²) in [5.41, 5.74) is 0.413. The summed E-state index contributed by atoms with van der Waals surface area (Å²) >= 11 is 5.53. The lowest BCUT2D eigenvalue weighted by Gasteiger charge is -2.19. The molecule has 1 unspecified atom stereocenters. The van der Waals surface area contributed by atoms with Gasteiger partial charge in [-0.05, 0) is 79.9 Å². The zero-order valence-electron chi connectivity index (χ0n) is 18.0. The molecule has 1 aromatic heterocycles. The highest BCUT2D eigenvalue weighted by Gasteiger charge is 2.41. The first kappa shape index (κ1) is 28.6. The van der Waals surface area contributed by atoms with Crippen molar-refractivity contribution in [3.05, 3.63) is 97.8 Å². The SMILES string of the molecule is O=C(NNc1ccccn1)c1ccc(C(F)=CC(c2cc(Br)c(F)c(Br)c2)C(F)(F)F)cc1C(F)(F)F. The Morgan fingerprint density at radius 2 is 1.62 bits per heavy atom. The van der Waals surface area contributed by atoms with Crippen LogP contribution in [-0.2, 0) is 6.18 Å². The molecule has 0 fully saturated rings. The second-order valence-corrected chi connectivity index (χ2v) is 9.09. The Balaban J connectivity index is 1.99. The molecule has 1 heterocycles. The van der Waals surface area contributed by atoms with Gasteiger partial charge in [0.05, 0.1) is 20.1 Å². The number of anilines is 1. The number of nitrogens with one attached hydrogen (secondary N) is 2. The summed E-state index contributed by atoms with van der Waals surface area (Å²) in [5, 5.41) is 0. The van der Waals surface area contributed by atoms with Crippen LogP contribution in [0.4, 0.5) is 40.9 Å². The molecule has 196 valence electrons. The van der Waals surface area contributed by atoms with Crippen molar-refractivity contribution in [2.24, 2.45) is 0 Å². The van der Waals surface area contributed by atoms with Gasteiger partial charge in [-0.2, -0.15) is 26.3 Å². The van der Waals surface area contributed by atoms with Crippen LogP contribution < -0.4 is 10.9 Å². The molecular weight excluding hydrogens is 646 g/mol. The zero-order valence-corrected chi connectivity index (χ0v) is 21.2. The van der Waals surface area contributed by atoms with Gasteiger partial charge in [0.25, 0.3) is 5.91 Å². The van der Waals surface area contributed by atoms with Crippen molar-refractivity contribution in [3.63, 3.8) is 0 Å². The summed E-state index contributed by atoms with van der Waals surface area (Å²) < 4.78 is 110. The minimum atomic E-state index is -5.15. The van der Waals surface area contributed by atoms with Crippen LogP contribution in [0.5, 0.6) is 0 Å². The van der Waals surface area contributed by atoms with E-state index in [1.54, 1.807) is 12.1 Å². The molecule has 1 atom stereocenters. The van der Waals surface area contributed by atoms with Gasteiger partial charge in [-0.15, -0.1) is 0 Å². The molecular formula is C23H13Br2F8N3O. The third-order valence-corrected chi connectivity index (χ3v) is 6.00. The predicted molar refractivity (Wildman–Crippen MR) is 126 cm³/mol. The number of pyridine rings is 1. The van der Waals surface area contributed by atoms with E-state index in [4.69, 9.17) is 0 Å². The van der Waals surface area contributed by atoms with Crippen molar-refractivity contribution in [1.82, 2.24) is 10.4 Å². The van der Waals surface area contributed by atoms with E-state index in [-0.39, 0.29) is 26.9 Å². The number of benzene rings is 2. The Hall–Kier alpha value is -3.00. The lowest BCUT2D eigenvalue weighted by Crippen LogP contribution is -2.31. The number of carbonyl (C=O) groups excluding carboxylic acids is 1. The molecule has 3 aromatic rings. The molecule has 0 aliphatic carbocycles. The van der Waals surface area contributed by atoms with Crippen molar-refractivity contribution in [3.8, 4) is 0 Å². The quantitative estimate of drug-likeness (QED) is 0.160. The normalized spacial score (nSPS) is 13.3. The molecule has 0 saturated heterocycles. The fourth-order valence-electron chi connectivity index (χ4n) is 3.13. The van der Waals surface area contributed by atoms with Gasteiger partial charge in [-0.1, -0.05) is 12.1 Å².